The van der Waals surface area contributed by atoms with Crippen LogP contribution in [0.25, 0.3) is 0 Å². The van der Waals surface area contributed by atoms with E-state index >= 15 is 0 Å². The number of halogens is 4. The molecule has 0 saturated carbocycles. The van der Waals surface area contributed by atoms with Crippen LogP contribution in [0.15, 0.2) is 59.1 Å². The minimum Gasteiger partial charge on any atom is -0.372 e. The van der Waals surface area contributed by atoms with Crippen LogP contribution in [0.2, 0.25) is 0 Å². The summed E-state index contributed by atoms with van der Waals surface area (Å²) in [5.41, 5.74) is -3.47. The van der Waals surface area contributed by atoms with Crippen LogP contribution < -0.4 is 0 Å². The average molecular weight is 331 g/mol. The zero-order chi connectivity index (χ0) is 14.1. The molecule has 0 saturated heterocycles. The molecule has 19 heavy (non-hydrogen) atoms. The van der Waals surface area contributed by atoms with Gasteiger partial charge in [-0.05, 0) is 11.6 Å². The molecule has 0 aliphatic rings. The molecule has 0 heterocycles. The van der Waals surface area contributed by atoms with Crippen molar-refractivity contribution in [3.63, 3.8) is 0 Å². The van der Waals surface area contributed by atoms with Crippen LogP contribution in [0.4, 0.5) is 13.2 Å². The molecule has 0 bridgehead atoms. The molecule has 0 aromatic heterocycles. The average Bonchev–Trinajstić information content (AvgIpc) is 2.38. The van der Waals surface area contributed by atoms with Gasteiger partial charge in [0.15, 0.2) is 0 Å². The molecule has 1 N–H and O–H groups in total. The molecule has 0 radical (unpaired) electrons. The van der Waals surface area contributed by atoms with Gasteiger partial charge in [-0.25, -0.2) is 0 Å². The molecule has 0 fully saturated rings. The van der Waals surface area contributed by atoms with Crippen LogP contribution in [0, 0.1) is 0 Å². The van der Waals surface area contributed by atoms with E-state index in [0.29, 0.717) is 0 Å². The molecule has 5 heteroatoms. The van der Waals surface area contributed by atoms with Gasteiger partial charge >= 0.3 is 6.18 Å². The number of aliphatic hydroxyl groups is 1. The lowest BCUT2D eigenvalue weighted by molar-refractivity contribution is -0.248. The minimum atomic E-state index is -4.82. The van der Waals surface area contributed by atoms with Crippen molar-refractivity contribution in [1.29, 1.82) is 0 Å². The highest BCUT2D eigenvalue weighted by atomic mass is 79.9. The van der Waals surface area contributed by atoms with Gasteiger partial charge in [0.1, 0.15) is 0 Å². The molecular formula is C14H10BrF3O. The summed E-state index contributed by atoms with van der Waals surface area (Å²) in [6.07, 6.45) is -4.82. The Bertz CT molecular complexity index is 568. The Kier molecular flexibility index (Phi) is 3.69. The van der Waals surface area contributed by atoms with Crippen molar-refractivity contribution in [2.24, 2.45) is 0 Å². The van der Waals surface area contributed by atoms with Gasteiger partial charge in [-0.1, -0.05) is 64.5 Å². The lowest BCUT2D eigenvalue weighted by Gasteiger charge is -2.32. The number of alkyl halides is 3. The third kappa shape index (κ3) is 2.40. The molecule has 100 valence electrons. The lowest BCUT2D eigenvalue weighted by atomic mass is 9.86. The Morgan fingerprint density at radius 3 is 1.89 bits per heavy atom. The van der Waals surface area contributed by atoms with E-state index in [4.69, 9.17) is 0 Å². The molecule has 0 amide bonds. The second-order valence-corrected chi connectivity index (χ2v) is 4.91. The summed E-state index contributed by atoms with van der Waals surface area (Å²) in [5.74, 6) is 0. The van der Waals surface area contributed by atoms with E-state index in [2.05, 4.69) is 15.9 Å². The molecule has 2 aromatic rings. The Hall–Kier alpha value is -1.33. The highest BCUT2D eigenvalue weighted by molar-refractivity contribution is 9.10. The summed E-state index contributed by atoms with van der Waals surface area (Å²) in [6.45, 7) is 0. The Morgan fingerprint density at radius 1 is 0.842 bits per heavy atom. The van der Waals surface area contributed by atoms with Crippen molar-refractivity contribution in [3.05, 3.63) is 70.2 Å². The van der Waals surface area contributed by atoms with Gasteiger partial charge in [0, 0.05) is 10.0 Å². The number of hydrogen-bond acceptors (Lipinski definition) is 1. The highest BCUT2D eigenvalue weighted by Crippen LogP contribution is 2.46. The van der Waals surface area contributed by atoms with Crippen LogP contribution >= 0.6 is 15.9 Å². The van der Waals surface area contributed by atoms with Crippen molar-refractivity contribution in [2.75, 3.05) is 0 Å². The second kappa shape index (κ2) is 4.98. The molecule has 0 spiro atoms. The fourth-order valence-electron chi connectivity index (χ4n) is 1.91. The largest absolute Gasteiger partial charge is 0.425 e. The van der Waals surface area contributed by atoms with Crippen molar-refractivity contribution in [3.8, 4) is 0 Å². The Labute approximate surface area is 116 Å². The highest BCUT2D eigenvalue weighted by Gasteiger charge is 2.56. The first-order valence-electron chi connectivity index (χ1n) is 5.47. The molecular weight excluding hydrogens is 321 g/mol. The lowest BCUT2D eigenvalue weighted by Crippen LogP contribution is -2.43. The van der Waals surface area contributed by atoms with Gasteiger partial charge in [-0.2, -0.15) is 13.2 Å². The van der Waals surface area contributed by atoms with Gasteiger partial charge in [0.2, 0.25) is 5.60 Å². The number of hydrogen-bond donors (Lipinski definition) is 1. The normalized spacial score (nSPS) is 15.0. The fraction of sp³-hybridized carbons (Fsp3) is 0.143. The fourth-order valence-corrected chi connectivity index (χ4v) is 2.48. The maximum Gasteiger partial charge on any atom is 0.425 e. The van der Waals surface area contributed by atoms with Crippen LogP contribution in [0.3, 0.4) is 0 Å². The van der Waals surface area contributed by atoms with Crippen molar-refractivity contribution >= 4 is 15.9 Å². The Morgan fingerprint density at radius 2 is 1.37 bits per heavy atom. The molecule has 2 aromatic carbocycles. The molecule has 1 nitrogen and oxygen atoms in total. The van der Waals surface area contributed by atoms with Gasteiger partial charge < -0.3 is 5.11 Å². The predicted molar refractivity (Wildman–Crippen MR) is 69.6 cm³/mol. The van der Waals surface area contributed by atoms with Crippen LogP contribution in [0.1, 0.15) is 11.1 Å². The van der Waals surface area contributed by atoms with Gasteiger partial charge in [-0.3, -0.25) is 0 Å². The first kappa shape index (κ1) is 14.1. The molecule has 1 unspecified atom stereocenters. The summed E-state index contributed by atoms with van der Waals surface area (Å²) < 4.78 is 40.4. The van der Waals surface area contributed by atoms with Gasteiger partial charge in [0.25, 0.3) is 0 Å². The topological polar surface area (TPSA) is 20.2 Å². The van der Waals surface area contributed by atoms with Crippen LogP contribution in [-0.2, 0) is 5.60 Å². The Balaban J connectivity index is 2.71. The standard InChI is InChI=1S/C14H10BrF3O/c15-12-9-5-4-8-11(12)13(19,14(16,17)18)10-6-2-1-3-7-10/h1-9,19H. The van der Waals surface area contributed by atoms with Gasteiger partial charge in [0.05, 0.1) is 0 Å². The monoisotopic (exact) mass is 330 g/mol. The zero-order valence-corrected chi connectivity index (χ0v) is 11.2. The van der Waals surface area contributed by atoms with E-state index in [1.165, 1.54) is 42.5 Å². The van der Waals surface area contributed by atoms with E-state index in [1.807, 2.05) is 0 Å². The SMILES string of the molecule is OC(c1ccccc1)(c1ccccc1Br)C(F)(F)F. The smallest absolute Gasteiger partial charge is 0.372 e. The molecule has 1 atom stereocenters. The van der Waals surface area contributed by atoms with Crippen LogP contribution in [0.5, 0.6) is 0 Å². The third-order valence-corrected chi connectivity index (χ3v) is 3.56. The first-order valence-corrected chi connectivity index (χ1v) is 6.26. The van der Waals surface area contributed by atoms with Crippen LogP contribution in [-0.4, -0.2) is 11.3 Å². The number of rotatable bonds is 2. The summed E-state index contributed by atoms with van der Waals surface area (Å²) in [6, 6.07) is 12.8. The summed E-state index contributed by atoms with van der Waals surface area (Å²) in [4.78, 5) is 0. The van der Waals surface area contributed by atoms with E-state index in [9.17, 15) is 18.3 Å². The third-order valence-electron chi connectivity index (χ3n) is 2.87. The second-order valence-electron chi connectivity index (χ2n) is 4.05. The summed E-state index contributed by atoms with van der Waals surface area (Å²) >= 11 is 3.06. The predicted octanol–water partition coefficient (Wildman–Crippen LogP) is 4.25. The maximum atomic E-state index is 13.4. The van der Waals surface area contributed by atoms with Crippen molar-refractivity contribution in [2.45, 2.75) is 11.8 Å². The van der Waals surface area contributed by atoms with E-state index in [0.717, 1.165) is 0 Å². The minimum absolute atomic E-state index is 0.207. The number of benzene rings is 2. The maximum absolute atomic E-state index is 13.4. The first-order chi connectivity index (χ1) is 8.87. The quantitative estimate of drug-likeness (QED) is 0.872. The molecule has 0 aliphatic carbocycles. The van der Waals surface area contributed by atoms with E-state index in [1.54, 1.807) is 12.1 Å². The summed E-state index contributed by atoms with van der Waals surface area (Å²) in [5, 5.41) is 10.3. The van der Waals surface area contributed by atoms with Crippen molar-refractivity contribution in [1.82, 2.24) is 0 Å². The summed E-state index contributed by atoms with van der Waals surface area (Å²) in [7, 11) is 0. The van der Waals surface area contributed by atoms with Crippen molar-refractivity contribution < 1.29 is 18.3 Å². The molecule has 0 aliphatic heterocycles. The van der Waals surface area contributed by atoms with Gasteiger partial charge in [-0.15, -0.1) is 0 Å². The van der Waals surface area contributed by atoms with E-state index in [-0.39, 0.29) is 15.6 Å². The molecule has 2 rings (SSSR count). The van der Waals surface area contributed by atoms with E-state index < -0.39 is 11.8 Å². The zero-order valence-electron chi connectivity index (χ0n) is 9.66.